The third-order valence-electron chi connectivity index (χ3n) is 3.34. The molecule has 0 radical (unpaired) electrons. The van der Waals surface area contributed by atoms with Gasteiger partial charge in [0.1, 0.15) is 5.75 Å². The number of methoxy groups -OCH3 is 1. The van der Waals surface area contributed by atoms with Crippen molar-refractivity contribution in [1.82, 2.24) is 10.3 Å². The van der Waals surface area contributed by atoms with Crippen LogP contribution in [0.4, 0.5) is 0 Å². The van der Waals surface area contributed by atoms with Crippen molar-refractivity contribution in [2.24, 2.45) is 0 Å². The van der Waals surface area contributed by atoms with E-state index in [1.807, 2.05) is 12.4 Å². The zero-order valence-electron chi connectivity index (χ0n) is 12.6. The molecule has 2 aromatic rings. The topological polar surface area (TPSA) is 34.2 Å². The van der Waals surface area contributed by atoms with Gasteiger partial charge in [-0.25, -0.2) is 0 Å². The molecule has 0 saturated carbocycles. The van der Waals surface area contributed by atoms with Crippen molar-refractivity contribution in [3.63, 3.8) is 0 Å². The van der Waals surface area contributed by atoms with E-state index in [1.165, 1.54) is 5.56 Å². The fourth-order valence-electron chi connectivity index (χ4n) is 2.40. The van der Waals surface area contributed by atoms with Crippen LogP contribution in [-0.2, 0) is 0 Å². The zero-order valence-corrected chi connectivity index (χ0v) is 12.6. The monoisotopic (exact) mass is 270 g/mol. The Morgan fingerprint density at radius 3 is 2.60 bits per heavy atom. The van der Waals surface area contributed by atoms with Crippen LogP contribution in [0.2, 0.25) is 0 Å². The molecule has 0 aliphatic heterocycles. The second kappa shape index (κ2) is 6.53. The maximum Gasteiger partial charge on any atom is 0.124 e. The molecule has 2 rings (SSSR count). The van der Waals surface area contributed by atoms with Crippen molar-refractivity contribution >= 4 is 0 Å². The van der Waals surface area contributed by atoms with E-state index in [1.54, 1.807) is 7.11 Å². The van der Waals surface area contributed by atoms with E-state index in [-0.39, 0.29) is 6.04 Å². The summed E-state index contributed by atoms with van der Waals surface area (Å²) in [7, 11) is 1.72. The second-order valence-electron chi connectivity index (χ2n) is 5.03. The van der Waals surface area contributed by atoms with E-state index < -0.39 is 0 Å². The van der Waals surface area contributed by atoms with Gasteiger partial charge in [0.2, 0.25) is 0 Å². The van der Waals surface area contributed by atoms with Crippen molar-refractivity contribution in [1.29, 1.82) is 0 Å². The van der Waals surface area contributed by atoms with E-state index >= 15 is 0 Å². The Bertz CT molecular complexity index is 581. The number of nitrogens with zero attached hydrogens (tertiary/aromatic N) is 1. The summed E-state index contributed by atoms with van der Waals surface area (Å²) in [6.45, 7) is 7.13. The minimum absolute atomic E-state index is 0.1000. The Balaban J connectivity index is 2.48. The number of hydrogen-bond acceptors (Lipinski definition) is 3. The molecule has 20 heavy (non-hydrogen) atoms. The van der Waals surface area contributed by atoms with E-state index in [0.29, 0.717) is 0 Å². The Labute approximate surface area is 121 Å². The lowest BCUT2D eigenvalue weighted by atomic mass is 9.97. The molecule has 1 heterocycles. The Morgan fingerprint density at radius 1 is 1.15 bits per heavy atom. The number of rotatable bonds is 5. The van der Waals surface area contributed by atoms with Gasteiger partial charge in [0.15, 0.2) is 0 Å². The average molecular weight is 270 g/mol. The highest BCUT2D eigenvalue weighted by atomic mass is 16.5. The summed E-state index contributed by atoms with van der Waals surface area (Å²) in [5.74, 6) is 0.914. The molecule has 3 nitrogen and oxygen atoms in total. The number of pyridine rings is 1. The summed E-state index contributed by atoms with van der Waals surface area (Å²) < 4.78 is 5.54. The number of nitrogens with one attached hydrogen (secondary N) is 1. The van der Waals surface area contributed by atoms with E-state index in [4.69, 9.17) is 4.74 Å². The molecular weight excluding hydrogens is 248 g/mol. The van der Waals surface area contributed by atoms with Crippen LogP contribution in [0.1, 0.15) is 35.2 Å². The van der Waals surface area contributed by atoms with Gasteiger partial charge in [-0.05, 0) is 43.1 Å². The average Bonchev–Trinajstić information content (AvgIpc) is 2.45. The first-order valence-corrected chi connectivity index (χ1v) is 6.95. The Hall–Kier alpha value is -1.87. The van der Waals surface area contributed by atoms with Crippen LogP contribution in [0, 0.1) is 13.8 Å². The molecule has 0 fully saturated rings. The van der Waals surface area contributed by atoms with Crippen molar-refractivity contribution in [2.75, 3.05) is 13.7 Å². The molecule has 0 amide bonds. The van der Waals surface area contributed by atoms with E-state index in [0.717, 1.165) is 29.0 Å². The van der Waals surface area contributed by atoms with Gasteiger partial charge in [-0.2, -0.15) is 0 Å². The predicted molar refractivity (Wildman–Crippen MR) is 82.2 cm³/mol. The summed E-state index contributed by atoms with van der Waals surface area (Å²) >= 11 is 0. The largest absolute Gasteiger partial charge is 0.496 e. The summed E-state index contributed by atoms with van der Waals surface area (Å²) in [5.41, 5.74) is 4.67. The zero-order chi connectivity index (χ0) is 14.5. The first-order chi connectivity index (χ1) is 9.65. The third-order valence-corrected chi connectivity index (χ3v) is 3.34. The number of aryl methyl sites for hydroxylation is 2. The lowest BCUT2D eigenvalue weighted by Gasteiger charge is -2.21. The first kappa shape index (κ1) is 14.5. The van der Waals surface area contributed by atoms with Gasteiger partial charge >= 0.3 is 0 Å². The maximum atomic E-state index is 5.54. The number of hydrogen-bond donors (Lipinski definition) is 1. The highest BCUT2D eigenvalue weighted by Gasteiger charge is 2.17. The lowest BCUT2D eigenvalue weighted by molar-refractivity contribution is 0.404. The normalized spacial score (nSPS) is 12.2. The van der Waals surface area contributed by atoms with Crippen molar-refractivity contribution in [3.8, 4) is 5.75 Å². The van der Waals surface area contributed by atoms with Crippen molar-refractivity contribution in [3.05, 3.63) is 58.9 Å². The Morgan fingerprint density at radius 2 is 1.95 bits per heavy atom. The van der Waals surface area contributed by atoms with Gasteiger partial charge in [0.05, 0.1) is 13.2 Å². The van der Waals surface area contributed by atoms with Crippen LogP contribution < -0.4 is 10.1 Å². The van der Waals surface area contributed by atoms with E-state index in [9.17, 15) is 0 Å². The van der Waals surface area contributed by atoms with Gasteiger partial charge in [0.25, 0.3) is 0 Å². The van der Waals surface area contributed by atoms with Gasteiger partial charge in [-0.15, -0.1) is 0 Å². The molecule has 1 N–H and O–H groups in total. The fraction of sp³-hybridized carbons (Fsp3) is 0.353. The van der Waals surface area contributed by atoms with Crippen LogP contribution in [0.3, 0.4) is 0 Å². The minimum atomic E-state index is 0.1000. The maximum absolute atomic E-state index is 5.54. The summed E-state index contributed by atoms with van der Waals surface area (Å²) in [6, 6.07) is 8.58. The highest BCUT2D eigenvalue weighted by molar-refractivity contribution is 5.43. The summed E-state index contributed by atoms with van der Waals surface area (Å²) in [6.07, 6.45) is 3.79. The smallest absolute Gasteiger partial charge is 0.124 e. The quantitative estimate of drug-likeness (QED) is 0.904. The molecule has 1 unspecified atom stereocenters. The molecule has 1 atom stereocenters. The minimum Gasteiger partial charge on any atom is -0.496 e. The predicted octanol–water partition coefficient (Wildman–Crippen LogP) is 3.41. The fourth-order valence-corrected chi connectivity index (χ4v) is 2.40. The van der Waals surface area contributed by atoms with Crippen molar-refractivity contribution < 1.29 is 4.74 Å². The molecule has 0 bridgehead atoms. The molecule has 1 aromatic heterocycles. The van der Waals surface area contributed by atoms with Gasteiger partial charge < -0.3 is 10.1 Å². The second-order valence-corrected chi connectivity index (χ2v) is 5.03. The molecule has 0 aliphatic rings. The molecular formula is C17H22N2O. The molecule has 0 saturated heterocycles. The molecule has 0 aliphatic carbocycles. The molecule has 1 aromatic carbocycles. The SMILES string of the molecule is CCNC(c1cncc(C)c1)c1ccc(C)cc1OC. The summed E-state index contributed by atoms with van der Waals surface area (Å²) in [4.78, 5) is 4.31. The lowest BCUT2D eigenvalue weighted by Crippen LogP contribution is -2.22. The molecule has 106 valence electrons. The van der Waals surface area contributed by atoms with E-state index in [2.05, 4.69) is 55.3 Å². The van der Waals surface area contributed by atoms with Crippen molar-refractivity contribution in [2.45, 2.75) is 26.8 Å². The van der Waals surface area contributed by atoms with Crippen LogP contribution in [0.15, 0.2) is 36.7 Å². The van der Waals surface area contributed by atoms with Crippen LogP contribution in [0.25, 0.3) is 0 Å². The Kier molecular flexibility index (Phi) is 4.74. The molecule has 0 spiro atoms. The number of benzene rings is 1. The van der Waals surface area contributed by atoms with Crippen LogP contribution in [0.5, 0.6) is 5.75 Å². The molecule has 3 heteroatoms. The van der Waals surface area contributed by atoms with Gasteiger partial charge in [0, 0.05) is 18.0 Å². The number of aromatic nitrogens is 1. The standard InChI is InChI=1S/C17H22N2O/c1-5-19-17(14-8-13(3)10-18-11-14)15-7-6-12(2)9-16(15)20-4/h6-11,17,19H,5H2,1-4H3. The van der Waals surface area contributed by atoms with Crippen LogP contribution >= 0.6 is 0 Å². The first-order valence-electron chi connectivity index (χ1n) is 6.95. The highest BCUT2D eigenvalue weighted by Crippen LogP contribution is 2.30. The summed E-state index contributed by atoms with van der Waals surface area (Å²) in [5, 5.41) is 3.52. The van der Waals surface area contributed by atoms with Gasteiger partial charge in [-0.1, -0.05) is 25.1 Å². The van der Waals surface area contributed by atoms with Crippen LogP contribution in [-0.4, -0.2) is 18.6 Å². The number of ether oxygens (including phenoxy) is 1. The van der Waals surface area contributed by atoms with Gasteiger partial charge in [-0.3, -0.25) is 4.98 Å². The third kappa shape index (κ3) is 3.17.